The number of nitrogens with zero attached hydrogens (tertiary/aromatic N) is 2. The van der Waals surface area contributed by atoms with Gasteiger partial charge < -0.3 is 19.9 Å². The Morgan fingerprint density at radius 1 is 1.32 bits per heavy atom. The first-order valence-electron chi connectivity index (χ1n) is 9.08. The second-order valence-corrected chi connectivity index (χ2v) is 6.29. The summed E-state index contributed by atoms with van der Waals surface area (Å²) in [6, 6.07) is 5.82. The Balaban J connectivity index is 1.79. The molecule has 0 saturated heterocycles. The van der Waals surface area contributed by atoms with Crippen molar-refractivity contribution in [2.24, 2.45) is 0 Å². The smallest absolute Gasteiger partial charge is 0.265 e. The minimum absolute atomic E-state index is 0.0392. The minimum atomic E-state index is -0.0555. The predicted molar refractivity (Wildman–Crippen MR) is 99.1 cm³/mol. The van der Waals surface area contributed by atoms with E-state index in [1.807, 2.05) is 25.1 Å². The van der Waals surface area contributed by atoms with E-state index in [0.717, 1.165) is 36.6 Å². The molecular formula is C19H29N3O3. The molecule has 138 valence electrons. The second kappa shape index (κ2) is 9.42. The molecule has 2 amide bonds. The molecule has 1 aliphatic rings. The van der Waals surface area contributed by atoms with Gasteiger partial charge in [0.15, 0.2) is 6.61 Å². The van der Waals surface area contributed by atoms with E-state index >= 15 is 0 Å². The van der Waals surface area contributed by atoms with Crippen LogP contribution in [0.1, 0.15) is 32.3 Å². The zero-order valence-electron chi connectivity index (χ0n) is 15.5. The van der Waals surface area contributed by atoms with E-state index in [-0.39, 0.29) is 18.4 Å². The maximum Gasteiger partial charge on any atom is 0.265 e. The monoisotopic (exact) mass is 347 g/mol. The molecule has 6 heteroatoms. The van der Waals surface area contributed by atoms with Crippen molar-refractivity contribution in [3.8, 4) is 5.75 Å². The highest BCUT2D eigenvalue weighted by Gasteiger charge is 2.25. The van der Waals surface area contributed by atoms with E-state index in [2.05, 4.69) is 24.1 Å². The first-order valence-corrected chi connectivity index (χ1v) is 9.08. The maximum absolute atomic E-state index is 12.2. The van der Waals surface area contributed by atoms with Crippen LogP contribution in [0.4, 0.5) is 5.69 Å². The maximum atomic E-state index is 12.2. The summed E-state index contributed by atoms with van der Waals surface area (Å²) in [6.07, 6.45) is 1.06. The number of amides is 2. The lowest BCUT2D eigenvalue weighted by Gasteiger charge is -2.29. The van der Waals surface area contributed by atoms with Crippen LogP contribution < -0.4 is 15.0 Å². The van der Waals surface area contributed by atoms with Crippen molar-refractivity contribution in [3.05, 3.63) is 23.8 Å². The van der Waals surface area contributed by atoms with Crippen LogP contribution in [0.5, 0.6) is 5.75 Å². The quantitative estimate of drug-likeness (QED) is 0.742. The van der Waals surface area contributed by atoms with Crippen LogP contribution in [-0.2, 0) is 9.59 Å². The molecule has 0 fully saturated rings. The third-order valence-electron chi connectivity index (χ3n) is 4.49. The Morgan fingerprint density at radius 3 is 2.80 bits per heavy atom. The molecule has 1 N–H and O–H groups in total. The van der Waals surface area contributed by atoms with Crippen molar-refractivity contribution < 1.29 is 14.3 Å². The second-order valence-electron chi connectivity index (χ2n) is 6.29. The topological polar surface area (TPSA) is 61.9 Å². The fraction of sp³-hybridized carbons (Fsp3) is 0.579. The van der Waals surface area contributed by atoms with Gasteiger partial charge in [-0.2, -0.15) is 0 Å². The highest BCUT2D eigenvalue weighted by Crippen LogP contribution is 2.32. The van der Waals surface area contributed by atoms with Crippen LogP contribution in [0, 0.1) is 6.92 Å². The Morgan fingerprint density at radius 2 is 2.08 bits per heavy atom. The number of benzene rings is 1. The molecule has 1 aliphatic heterocycles. The predicted octanol–water partition coefficient (Wildman–Crippen LogP) is 1.96. The molecule has 0 spiro atoms. The van der Waals surface area contributed by atoms with Crippen molar-refractivity contribution in [1.29, 1.82) is 0 Å². The Bertz CT molecular complexity index is 600. The zero-order chi connectivity index (χ0) is 18.2. The molecule has 25 heavy (non-hydrogen) atoms. The molecule has 1 heterocycles. The van der Waals surface area contributed by atoms with Gasteiger partial charge >= 0.3 is 0 Å². The van der Waals surface area contributed by atoms with Gasteiger partial charge in [-0.3, -0.25) is 9.59 Å². The Kier molecular flexibility index (Phi) is 7.25. The third-order valence-corrected chi connectivity index (χ3v) is 4.49. The Hall–Kier alpha value is -2.08. The van der Waals surface area contributed by atoms with Crippen LogP contribution in [0.3, 0.4) is 0 Å². The molecule has 1 aromatic carbocycles. The molecule has 6 nitrogen and oxygen atoms in total. The zero-order valence-corrected chi connectivity index (χ0v) is 15.5. The van der Waals surface area contributed by atoms with Gasteiger partial charge in [0.25, 0.3) is 5.91 Å². The molecule has 2 rings (SSSR count). The number of likely N-dealkylation sites (N-methyl/N-ethyl adjacent to an activating group) is 1. The lowest BCUT2D eigenvalue weighted by molar-refractivity contribution is -0.122. The third kappa shape index (κ3) is 5.46. The molecule has 0 radical (unpaired) electrons. The van der Waals surface area contributed by atoms with Crippen molar-refractivity contribution >= 4 is 17.5 Å². The fourth-order valence-corrected chi connectivity index (χ4v) is 2.94. The van der Waals surface area contributed by atoms with E-state index < -0.39 is 0 Å². The van der Waals surface area contributed by atoms with Crippen molar-refractivity contribution in [2.75, 3.05) is 44.2 Å². The van der Waals surface area contributed by atoms with Gasteiger partial charge in [0, 0.05) is 26.1 Å². The molecule has 0 bridgehead atoms. The van der Waals surface area contributed by atoms with Crippen molar-refractivity contribution in [1.82, 2.24) is 10.2 Å². The van der Waals surface area contributed by atoms with Gasteiger partial charge in [-0.15, -0.1) is 0 Å². The number of hydrogen-bond donors (Lipinski definition) is 1. The standard InChI is InChI=1S/C19H29N3O3/c1-4-21(5-2)12-10-20-18(23)7-6-11-22-16-13-15(3)8-9-17(16)25-14-19(22)24/h8-9,13H,4-7,10-12,14H2,1-3H3,(H,20,23). The average Bonchev–Trinajstić information content (AvgIpc) is 2.60. The lowest BCUT2D eigenvalue weighted by Crippen LogP contribution is -2.40. The number of hydrogen-bond acceptors (Lipinski definition) is 4. The summed E-state index contributed by atoms with van der Waals surface area (Å²) >= 11 is 0. The highest BCUT2D eigenvalue weighted by atomic mass is 16.5. The Labute approximate surface area is 150 Å². The number of carbonyl (C=O) groups is 2. The molecule has 0 saturated carbocycles. The van der Waals surface area contributed by atoms with E-state index in [4.69, 9.17) is 4.74 Å². The molecule has 0 aromatic heterocycles. The SMILES string of the molecule is CCN(CC)CCNC(=O)CCCN1C(=O)COc2ccc(C)cc21. The van der Waals surface area contributed by atoms with Gasteiger partial charge in [-0.25, -0.2) is 0 Å². The summed E-state index contributed by atoms with van der Waals surface area (Å²) in [6.45, 7) is 10.3. The fourth-order valence-electron chi connectivity index (χ4n) is 2.94. The summed E-state index contributed by atoms with van der Waals surface area (Å²) in [7, 11) is 0. The van der Waals surface area contributed by atoms with Crippen LogP contribution >= 0.6 is 0 Å². The van der Waals surface area contributed by atoms with Gasteiger partial charge in [0.1, 0.15) is 5.75 Å². The van der Waals surface area contributed by atoms with Crippen molar-refractivity contribution in [2.45, 2.75) is 33.6 Å². The number of aryl methyl sites for hydroxylation is 1. The molecule has 0 atom stereocenters. The van der Waals surface area contributed by atoms with Gasteiger partial charge in [-0.1, -0.05) is 19.9 Å². The lowest BCUT2D eigenvalue weighted by atomic mass is 10.1. The summed E-state index contributed by atoms with van der Waals surface area (Å²) < 4.78 is 5.47. The first kappa shape index (κ1) is 19.2. The average molecular weight is 347 g/mol. The van der Waals surface area contributed by atoms with E-state index in [1.54, 1.807) is 4.90 Å². The number of ether oxygens (including phenoxy) is 1. The normalized spacial score (nSPS) is 13.6. The number of rotatable bonds is 9. The van der Waals surface area contributed by atoms with Crippen LogP contribution in [0.2, 0.25) is 0 Å². The molecular weight excluding hydrogens is 318 g/mol. The van der Waals surface area contributed by atoms with Gasteiger partial charge in [-0.05, 0) is 44.1 Å². The summed E-state index contributed by atoms with van der Waals surface area (Å²) in [4.78, 5) is 28.1. The number of carbonyl (C=O) groups excluding carboxylic acids is 2. The van der Waals surface area contributed by atoms with E-state index in [9.17, 15) is 9.59 Å². The summed E-state index contributed by atoms with van der Waals surface area (Å²) in [5, 5.41) is 2.95. The van der Waals surface area contributed by atoms with E-state index in [1.165, 1.54) is 0 Å². The number of fused-ring (bicyclic) bond motifs is 1. The summed E-state index contributed by atoms with van der Waals surface area (Å²) in [5.74, 6) is 0.714. The highest BCUT2D eigenvalue weighted by molar-refractivity contribution is 5.97. The van der Waals surface area contributed by atoms with Gasteiger partial charge in [0.2, 0.25) is 5.91 Å². The van der Waals surface area contributed by atoms with Crippen molar-refractivity contribution in [3.63, 3.8) is 0 Å². The number of nitrogens with one attached hydrogen (secondary N) is 1. The van der Waals surface area contributed by atoms with Gasteiger partial charge in [0.05, 0.1) is 5.69 Å². The van der Waals surface area contributed by atoms with Crippen LogP contribution in [0.15, 0.2) is 18.2 Å². The number of anilines is 1. The summed E-state index contributed by atoms with van der Waals surface area (Å²) in [5.41, 5.74) is 1.88. The first-order chi connectivity index (χ1) is 12.0. The molecule has 0 aliphatic carbocycles. The van der Waals surface area contributed by atoms with Crippen LogP contribution in [-0.4, -0.2) is 56.0 Å². The van der Waals surface area contributed by atoms with Crippen LogP contribution in [0.25, 0.3) is 0 Å². The van der Waals surface area contributed by atoms with E-state index in [0.29, 0.717) is 25.9 Å². The molecule has 0 unspecified atom stereocenters. The minimum Gasteiger partial charge on any atom is -0.482 e. The largest absolute Gasteiger partial charge is 0.482 e. The molecule has 1 aromatic rings.